The molecule has 1 heterocycles. The first-order valence-corrected chi connectivity index (χ1v) is 6.18. The van der Waals surface area contributed by atoms with Crippen molar-refractivity contribution in [3.05, 3.63) is 11.3 Å². The van der Waals surface area contributed by atoms with Crippen molar-refractivity contribution in [1.82, 2.24) is 4.90 Å². The highest BCUT2D eigenvalue weighted by Gasteiger charge is 2.39. The topological polar surface area (TPSA) is 29.5 Å². The van der Waals surface area contributed by atoms with E-state index in [-0.39, 0.29) is 16.9 Å². The summed E-state index contributed by atoms with van der Waals surface area (Å²) in [7, 11) is 1.65. The summed E-state index contributed by atoms with van der Waals surface area (Å²) in [6.45, 7) is 13.1. The fourth-order valence-corrected chi connectivity index (χ4v) is 2.28. The number of hydrogen-bond donors (Lipinski definition) is 0. The van der Waals surface area contributed by atoms with Gasteiger partial charge in [-0.25, -0.2) is 0 Å². The lowest BCUT2D eigenvalue weighted by atomic mass is 9.81. The number of ether oxygens (including phenoxy) is 1. The summed E-state index contributed by atoms with van der Waals surface area (Å²) < 4.78 is 5.39. The molecule has 0 aromatic heterocycles. The molecule has 0 saturated heterocycles. The number of carbonyl (C=O) groups excluding carboxylic acids is 1. The number of hydrogen-bond acceptors (Lipinski definition) is 2. The summed E-state index contributed by atoms with van der Waals surface area (Å²) in [5.74, 6) is 0.969. The van der Waals surface area contributed by atoms with Gasteiger partial charge in [-0.15, -0.1) is 0 Å². The lowest BCUT2D eigenvalue weighted by molar-refractivity contribution is -0.134. The van der Waals surface area contributed by atoms with Crippen LogP contribution in [0.3, 0.4) is 0 Å². The van der Waals surface area contributed by atoms with Crippen LogP contribution in [0.15, 0.2) is 11.3 Å². The molecule has 0 unspecified atom stereocenters. The quantitative estimate of drug-likeness (QED) is 0.704. The average Bonchev–Trinajstić information content (AvgIpc) is 2.12. The maximum absolute atomic E-state index is 12.6. The van der Waals surface area contributed by atoms with Gasteiger partial charge in [0.15, 0.2) is 0 Å². The molecule has 0 atom stereocenters. The number of carbonyl (C=O) groups is 1. The molecule has 98 valence electrons. The molecule has 1 amide bonds. The van der Waals surface area contributed by atoms with Gasteiger partial charge in [0, 0.05) is 18.5 Å². The Morgan fingerprint density at radius 3 is 2.00 bits per heavy atom. The highest BCUT2D eigenvalue weighted by molar-refractivity contribution is 5.96. The second-order valence-corrected chi connectivity index (χ2v) is 6.63. The first-order chi connectivity index (χ1) is 7.59. The van der Waals surface area contributed by atoms with E-state index >= 15 is 0 Å². The molecule has 0 bridgehead atoms. The van der Waals surface area contributed by atoms with Gasteiger partial charge in [-0.05, 0) is 26.2 Å². The summed E-state index contributed by atoms with van der Waals surface area (Å²) >= 11 is 0. The van der Waals surface area contributed by atoms with E-state index in [1.54, 1.807) is 7.11 Å². The normalized spacial score (nSPS) is 18.8. The Kier molecular flexibility index (Phi) is 3.60. The molecule has 0 saturated carbocycles. The SMILES string of the molecule is COC1=C(C(C)(C)C)C(=O)N(C(C)(C)C)CC1. The Labute approximate surface area is 105 Å². The van der Waals surface area contributed by atoms with Crippen LogP contribution in [-0.2, 0) is 9.53 Å². The predicted molar refractivity (Wildman–Crippen MR) is 69.6 cm³/mol. The van der Waals surface area contributed by atoms with Gasteiger partial charge in [-0.2, -0.15) is 0 Å². The maximum Gasteiger partial charge on any atom is 0.254 e. The summed E-state index contributed by atoms with van der Waals surface area (Å²) in [5, 5.41) is 0. The van der Waals surface area contributed by atoms with E-state index in [2.05, 4.69) is 41.5 Å². The largest absolute Gasteiger partial charge is 0.501 e. The molecule has 0 aromatic carbocycles. The van der Waals surface area contributed by atoms with E-state index < -0.39 is 0 Å². The fourth-order valence-electron chi connectivity index (χ4n) is 2.28. The first kappa shape index (κ1) is 14.1. The van der Waals surface area contributed by atoms with Gasteiger partial charge in [0.2, 0.25) is 0 Å². The molecule has 1 aliphatic rings. The van der Waals surface area contributed by atoms with Crippen molar-refractivity contribution in [2.24, 2.45) is 5.41 Å². The van der Waals surface area contributed by atoms with Gasteiger partial charge >= 0.3 is 0 Å². The number of methoxy groups -OCH3 is 1. The zero-order valence-electron chi connectivity index (χ0n) is 12.2. The molecule has 0 aliphatic carbocycles. The van der Waals surface area contributed by atoms with Crippen molar-refractivity contribution < 1.29 is 9.53 Å². The van der Waals surface area contributed by atoms with Gasteiger partial charge in [-0.3, -0.25) is 4.79 Å². The van der Waals surface area contributed by atoms with Crippen LogP contribution in [0.5, 0.6) is 0 Å². The Hall–Kier alpha value is -0.990. The van der Waals surface area contributed by atoms with Crippen LogP contribution in [0, 0.1) is 5.41 Å². The molecule has 0 spiro atoms. The highest BCUT2D eigenvalue weighted by Crippen LogP contribution is 2.36. The molecule has 3 nitrogen and oxygen atoms in total. The second-order valence-electron chi connectivity index (χ2n) is 6.63. The lowest BCUT2D eigenvalue weighted by Gasteiger charge is -2.42. The molecule has 0 radical (unpaired) electrons. The maximum atomic E-state index is 12.6. The van der Waals surface area contributed by atoms with Crippen LogP contribution in [0.25, 0.3) is 0 Å². The second kappa shape index (κ2) is 4.35. The van der Waals surface area contributed by atoms with Crippen molar-refractivity contribution in [1.29, 1.82) is 0 Å². The smallest absolute Gasteiger partial charge is 0.254 e. The summed E-state index contributed by atoms with van der Waals surface area (Å²) in [5.41, 5.74) is 0.514. The van der Waals surface area contributed by atoms with Gasteiger partial charge in [0.1, 0.15) is 5.76 Å². The summed E-state index contributed by atoms with van der Waals surface area (Å²) in [6.07, 6.45) is 0.812. The minimum atomic E-state index is -0.174. The van der Waals surface area contributed by atoms with E-state index in [1.807, 2.05) is 4.90 Å². The van der Waals surface area contributed by atoms with Crippen LogP contribution >= 0.6 is 0 Å². The monoisotopic (exact) mass is 239 g/mol. The zero-order valence-corrected chi connectivity index (χ0v) is 12.2. The van der Waals surface area contributed by atoms with E-state index in [1.165, 1.54) is 0 Å². The molecule has 0 N–H and O–H groups in total. The van der Waals surface area contributed by atoms with Crippen LogP contribution in [0.2, 0.25) is 0 Å². The van der Waals surface area contributed by atoms with E-state index in [9.17, 15) is 4.79 Å². The van der Waals surface area contributed by atoms with Gasteiger partial charge in [0.25, 0.3) is 5.91 Å². The summed E-state index contributed by atoms with van der Waals surface area (Å²) in [4.78, 5) is 14.5. The molecule has 3 heteroatoms. The average molecular weight is 239 g/mol. The third-order valence-corrected chi connectivity index (χ3v) is 3.11. The van der Waals surface area contributed by atoms with Crippen molar-refractivity contribution in [2.75, 3.05) is 13.7 Å². The number of rotatable bonds is 1. The molecule has 1 rings (SSSR count). The Balaban J connectivity index is 3.20. The lowest BCUT2D eigenvalue weighted by Crippen LogP contribution is -2.50. The molecule has 0 fully saturated rings. The Morgan fingerprint density at radius 1 is 1.12 bits per heavy atom. The van der Waals surface area contributed by atoms with Gasteiger partial charge in [-0.1, -0.05) is 20.8 Å². The van der Waals surface area contributed by atoms with Crippen LogP contribution in [0.4, 0.5) is 0 Å². The molecular weight excluding hydrogens is 214 g/mol. The van der Waals surface area contributed by atoms with Gasteiger partial charge < -0.3 is 9.64 Å². The number of nitrogens with zero attached hydrogens (tertiary/aromatic N) is 1. The van der Waals surface area contributed by atoms with Crippen LogP contribution in [-0.4, -0.2) is 30.0 Å². The van der Waals surface area contributed by atoms with E-state index in [4.69, 9.17) is 4.74 Å². The van der Waals surface area contributed by atoms with Gasteiger partial charge in [0.05, 0.1) is 12.7 Å². The molecular formula is C14H25NO2. The minimum Gasteiger partial charge on any atom is -0.501 e. The van der Waals surface area contributed by atoms with E-state index in [0.29, 0.717) is 0 Å². The van der Waals surface area contributed by atoms with Crippen molar-refractivity contribution in [3.63, 3.8) is 0 Å². The third kappa shape index (κ3) is 2.82. The van der Waals surface area contributed by atoms with Crippen LogP contribution < -0.4 is 0 Å². The third-order valence-electron chi connectivity index (χ3n) is 3.11. The van der Waals surface area contributed by atoms with E-state index in [0.717, 1.165) is 24.3 Å². The first-order valence-electron chi connectivity index (χ1n) is 6.18. The standard InChI is InChI=1S/C14H25NO2/c1-13(2,3)11-10(17-7)8-9-15(12(11)16)14(4,5)6/h8-9H2,1-7H3. The zero-order chi connectivity index (χ0) is 13.4. The van der Waals surface area contributed by atoms with Crippen molar-refractivity contribution in [3.8, 4) is 0 Å². The molecule has 17 heavy (non-hydrogen) atoms. The predicted octanol–water partition coefficient (Wildman–Crippen LogP) is 2.96. The number of amides is 1. The molecule has 0 aromatic rings. The fraction of sp³-hybridized carbons (Fsp3) is 0.786. The minimum absolute atomic E-state index is 0.119. The highest BCUT2D eigenvalue weighted by atomic mass is 16.5. The Morgan fingerprint density at radius 2 is 1.65 bits per heavy atom. The van der Waals surface area contributed by atoms with Crippen LogP contribution in [0.1, 0.15) is 48.0 Å². The molecule has 1 aliphatic heterocycles. The summed E-state index contributed by atoms with van der Waals surface area (Å²) in [6, 6.07) is 0. The Bertz CT molecular complexity index is 342. The van der Waals surface area contributed by atoms with Crippen molar-refractivity contribution in [2.45, 2.75) is 53.5 Å². The van der Waals surface area contributed by atoms with Crippen molar-refractivity contribution >= 4 is 5.91 Å².